The van der Waals surface area contributed by atoms with E-state index in [-0.39, 0.29) is 23.8 Å². The van der Waals surface area contributed by atoms with E-state index >= 15 is 0 Å². The minimum absolute atomic E-state index is 0.0737. The lowest BCUT2D eigenvalue weighted by Gasteiger charge is -2.37. The summed E-state index contributed by atoms with van der Waals surface area (Å²) in [6.45, 7) is 5.58. The first kappa shape index (κ1) is 16.2. The van der Waals surface area contributed by atoms with E-state index in [4.69, 9.17) is 10.5 Å². The number of nitrogens with two attached hydrogens (primary N) is 1. The van der Waals surface area contributed by atoms with Crippen LogP contribution in [0.2, 0.25) is 0 Å². The van der Waals surface area contributed by atoms with Crippen molar-refractivity contribution in [3.63, 3.8) is 0 Å². The maximum atomic E-state index is 12.4. The van der Waals surface area contributed by atoms with Crippen molar-refractivity contribution in [1.82, 2.24) is 9.80 Å². The third-order valence-corrected chi connectivity index (χ3v) is 4.38. The third kappa shape index (κ3) is 3.95. The van der Waals surface area contributed by atoms with Crippen LogP contribution in [0.25, 0.3) is 0 Å². The van der Waals surface area contributed by atoms with Gasteiger partial charge in [-0.2, -0.15) is 0 Å². The fraction of sp³-hybridized carbons (Fsp3) is 0.867. The Hall–Kier alpha value is -1.14. The van der Waals surface area contributed by atoms with Crippen molar-refractivity contribution in [3.8, 4) is 0 Å². The number of nitrogens with zero attached hydrogens (tertiary/aromatic N) is 2. The van der Waals surface area contributed by atoms with Crippen molar-refractivity contribution in [1.29, 1.82) is 0 Å². The van der Waals surface area contributed by atoms with Gasteiger partial charge >= 0.3 is 0 Å². The van der Waals surface area contributed by atoms with Crippen LogP contribution < -0.4 is 5.73 Å². The van der Waals surface area contributed by atoms with Gasteiger partial charge in [-0.3, -0.25) is 9.59 Å². The molecule has 6 nitrogen and oxygen atoms in total. The molecule has 2 atom stereocenters. The van der Waals surface area contributed by atoms with Gasteiger partial charge in [-0.15, -0.1) is 0 Å². The molecule has 2 rings (SSSR count). The van der Waals surface area contributed by atoms with E-state index in [0.717, 1.165) is 25.7 Å². The molecule has 2 heterocycles. The monoisotopic (exact) mass is 297 g/mol. The molecule has 2 saturated heterocycles. The van der Waals surface area contributed by atoms with Crippen molar-refractivity contribution in [3.05, 3.63) is 0 Å². The number of amides is 2. The van der Waals surface area contributed by atoms with Crippen LogP contribution in [0.3, 0.4) is 0 Å². The van der Waals surface area contributed by atoms with Crippen molar-refractivity contribution in [2.45, 2.75) is 38.7 Å². The number of hydrogen-bond acceptors (Lipinski definition) is 4. The Labute approximate surface area is 126 Å². The molecule has 0 aromatic rings. The topological polar surface area (TPSA) is 75.9 Å². The number of carbonyl (C=O) groups excluding carboxylic acids is 2. The summed E-state index contributed by atoms with van der Waals surface area (Å²) in [4.78, 5) is 28.3. The summed E-state index contributed by atoms with van der Waals surface area (Å²) in [6, 6.07) is 0. The predicted molar refractivity (Wildman–Crippen MR) is 79.6 cm³/mol. The molecular formula is C15H27N3O3. The summed E-state index contributed by atoms with van der Waals surface area (Å²) >= 11 is 0. The minimum atomic E-state index is -0.260. The van der Waals surface area contributed by atoms with Crippen LogP contribution in [-0.2, 0) is 14.3 Å². The van der Waals surface area contributed by atoms with Crippen molar-refractivity contribution in [2.75, 3.05) is 39.3 Å². The summed E-state index contributed by atoms with van der Waals surface area (Å²) in [5.41, 5.74) is 5.70. The van der Waals surface area contributed by atoms with Gasteiger partial charge in [-0.1, -0.05) is 13.3 Å². The van der Waals surface area contributed by atoms with Crippen LogP contribution in [0, 0.1) is 5.92 Å². The second kappa shape index (κ2) is 7.75. The van der Waals surface area contributed by atoms with Gasteiger partial charge in [0.1, 0.15) is 6.10 Å². The summed E-state index contributed by atoms with van der Waals surface area (Å²) in [5.74, 6) is 0.155. The Morgan fingerprint density at radius 2 is 1.90 bits per heavy atom. The Bertz CT molecular complexity index is 361. The van der Waals surface area contributed by atoms with Crippen LogP contribution in [0.4, 0.5) is 0 Å². The molecule has 2 fully saturated rings. The molecule has 21 heavy (non-hydrogen) atoms. The smallest absolute Gasteiger partial charge is 0.251 e. The van der Waals surface area contributed by atoms with E-state index < -0.39 is 0 Å². The molecule has 0 saturated carbocycles. The highest BCUT2D eigenvalue weighted by Crippen LogP contribution is 2.17. The first-order valence-electron chi connectivity index (χ1n) is 8.06. The lowest BCUT2D eigenvalue weighted by Crippen LogP contribution is -2.54. The zero-order valence-corrected chi connectivity index (χ0v) is 12.9. The van der Waals surface area contributed by atoms with E-state index in [2.05, 4.69) is 6.92 Å². The van der Waals surface area contributed by atoms with E-state index in [9.17, 15) is 9.59 Å². The van der Waals surface area contributed by atoms with Crippen LogP contribution in [0.1, 0.15) is 32.6 Å². The quantitative estimate of drug-likeness (QED) is 0.787. The normalized spacial score (nSPS) is 24.2. The maximum absolute atomic E-state index is 12.4. The second-order valence-electron chi connectivity index (χ2n) is 5.87. The Morgan fingerprint density at radius 3 is 2.43 bits per heavy atom. The zero-order chi connectivity index (χ0) is 15.2. The lowest BCUT2D eigenvalue weighted by molar-refractivity contribution is -0.147. The van der Waals surface area contributed by atoms with Gasteiger partial charge in [-0.25, -0.2) is 0 Å². The van der Waals surface area contributed by atoms with Gasteiger partial charge in [0, 0.05) is 39.3 Å². The Morgan fingerprint density at radius 1 is 1.24 bits per heavy atom. The molecule has 2 aliphatic heterocycles. The van der Waals surface area contributed by atoms with E-state index in [1.807, 2.05) is 9.80 Å². The molecule has 2 unspecified atom stereocenters. The average Bonchev–Trinajstić information content (AvgIpc) is 3.06. The summed E-state index contributed by atoms with van der Waals surface area (Å²) in [7, 11) is 0. The molecule has 120 valence electrons. The fourth-order valence-corrected chi connectivity index (χ4v) is 3.07. The van der Waals surface area contributed by atoms with E-state index in [1.165, 1.54) is 0 Å². The van der Waals surface area contributed by atoms with Crippen LogP contribution >= 0.6 is 0 Å². The third-order valence-electron chi connectivity index (χ3n) is 4.38. The second-order valence-corrected chi connectivity index (χ2v) is 5.87. The molecule has 0 radical (unpaired) electrons. The Balaban J connectivity index is 1.82. The standard InChI is InChI=1S/C15H27N3O3/c1-2-4-12(11-16)14(19)17-6-8-18(9-7-17)15(20)13-5-3-10-21-13/h12-13H,2-11,16H2,1H3. The first-order chi connectivity index (χ1) is 10.2. The number of rotatable bonds is 5. The van der Waals surface area contributed by atoms with Crippen LogP contribution in [0.15, 0.2) is 0 Å². The van der Waals surface area contributed by atoms with Crippen molar-refractivity contribution in [2.24, 2.45) is 11.7 Å². The van der Waals surface area contributed by atoms with Gasteiger partial charge in [0.15, 0.2) is 0 Å². The fourth-order valence-electron chi connectivity index (χ4n) is 3.07. The molecule has 0 bridgehead atoms. The van der Waals surface area contributed by atoms with Gasteiger partial charge < -0.3 is 20.3 Å². The zero-order valence-electron chi connectivity index (χ0n) is 12.9. The average molecular weight is 297 g/mol. The molecule has 0 aromatic heterocycles. The predicted octanol–water partition coefficient (Wildman–Crippen LogP) is 0.211. The highest BCUT2D eigenvalue weighted by molar-refractivity contribution is 5.82. The van der Waals surface area contributed by atoms with Crippen LogP contribution in [0.5, 0.6) is 0 Å². The lowest BCUT2D eigenvalue weighted by atomic mass is 10.0. The SMILES string of the molecule is CCCC(CN)C(=O)N1CCN(C(=O)C2CCCO2)CC1. The molecule has 2 aliphatic rings. The number of ether oxygens (including phenoxy) is 1. The maximum Gasteiger partial charge on any atom is 0.251 e. The first-order valence-corrected chi connectivity index (χ1v) is 8.06. The number of carbonyl (C=O) groups is 2. The molecule has 0 spiro atoms. The van der Waals surface area contributed by atoms with Crippen molar-refractivity contribution < 1.29 is 14.3 Å². The van der Waals surface area contributed by atoms with E-state index in [0.29, 0.717) is 39.3 Å². The molecule has 2 N–H and O–H groups in total. The van der Waals surface area contributed by atoms with Gasteiger partial charge in [0.2, 0.25) is 5.91 Å². The number of piperazine rings is 1. The van der Waals surface area contributed by atoms with E-state index in [1.54, 1.807) is 0 Å². The van der Waals surface area contributed by atoms with Crippen molar-refractivity contribution >= 4 is 11.8 Å². The van der Waals surface area contributed by atoms with Gasteiger partial charge in [-0.05, 0) is 19.3 Å². The highest BCUT2D eigenvalue weighted by Gasteiger charge is 2.32. The molecule has 0 aromatic carbocycles. The minimum Gasteiger partial charge on any atom is -0.368 e. The molecular weight excluding hydrogens is 270 g/mol. The molecule has 0 aliphatic carbocycles. The summed E-state index contributed by atoms with van der Waals surface area (Å²) < 4.78 is 5.44. The summed E-state index contributed by atoms with van der Waals surface area (Å²) in [6.07, 6.45) is 3.33. The molecule has 2 amide bonds. The summed E-state index contributed by atoms with van der Waals surface area (Å²) in [5, 5.41) is 0. The van der Waals surface area contributed by atoms with Gasteiger partial charge in [0.25, 0.3) is 5.91 Å². The number of hydrogen-bond donors (Lipinski definition) is 1. The Kier molecular flexibility index (Phi) is 5.99. The van der Waals surface area contributed by atoms with Gasteiger partial charge in [0.05, 0.1) is 5.92 Å². The highest BCUT2D eigenvalue weighted by atomic mass is 16.5. The largest absolute Gasteiger partial charge is 0.368 e. The molecule has 6 heteroatoms. The van der Waals surface area contributed by atoms with Crippen LogP contribution in [-0.4, -0.2) is 67.0 Å².